The van der Waals surface area contributed by atoms with Crippen molar-refractivity contribution in [2.45, 2.75) is 6.42 Å². The van der Waals surface area contributed by atoms with Crippen molar-refractivity contribution in [2.24, 2.45) is 0 Å². The van der Waals surface area contributed by atoms with E-state index in [-0.39, 0.29) is 0 Å². The maximum atomic E-state index is 13.7. The monoisotopic (exact) mass is 304 g/mol. The summed E-state index contributed by atoms with van der Waals surface area (Å²) in [6, 6.07) is 8.31. The normalized spacial score (nSPS) is 14.9. The zero-order valence-electron chi connectivity index (χ0n) is 11.2. The molecule has 1 aromatic heterocycles. The van der Waals surface area contributed by atoms with Crippen LogP contribution in [0.4, 0.5) is 15.8 Å². The lowest BCUT2D eigenvalue weighted by Gasteiger charge is -2.27. The number of thiophene rings is 1. The van der Waals surface area contributed by atoms with Crippen LogP contribution in [0, 0.1) is 15.9 Å². The van der Waals surface area contributed by atoms with Crippen molar-refractivity contribution in [1.82, 2.24) is 0 Å². The van der Waals surface area contributed by atoms with Gasteiger partial charge in [-0.05, 0) is 35.6 Å². The molecule has 0 aliphatic carbocycles. The van der Waals surface area contributed by atoms with Gasteiger partial charge in [0.05, 0.1) is 4.92 Å². The maximum Gasteiger partial charge on any atom is 0.327 e. The highest BCUT2D eigenvalue weighted by Gasteiger charge is 2.25. The van der Waals surface area contributed by atoms with Crippen molar-refractivity contribution in [2.75, 3.05) is 18.0 Å². The molecule has 1 aliphatic rings. The molecule has 0 atom stereocenters. The van der Waals surface area contributed by atoms with Gasteiger partial charge in [-0.2, -0.15) is 4.39 Å². The first-order valence-corrected chi connectivity index (χ1v) is 7.45. The van der Waals surface area contributed by atoms with Crippen molar-refractivity contribution >= 4 is 28.3 Å². The highest BCUT2D eigenvalue weighted by atomic mass is 32.1. The predicted molar refractivity (Wildman–Crippen MR) is 82.2 cm³/mol. The van der Waals surface area contributed by atoms with Gasteiger partial charge >= 0.3 is 5.69 Å². The van der Waals surface area contributed by atoms with Gasteiger partial charge in [-0.1, -0.05) is 18.2 Å². The van der Waals surface area contributed by atoms with Gasteiger partial charge in [-0.25, -0.2) is 0 Å². The second-order valence-electron chi connectivity index (χ2n) is 4.77. The van der Waals surface area contributed by atoms with Gasteiger partial charge in [-0.3, -0.25) is 10.1 Å². The van der Waals surface area contributed by atoms with E-state index in [0.717, 1.165) is 12.5 Å². The summed E-state index contributed by atoms with van der Waals surface area (Å²) in [5, 5.41) is 13.1. The molecular formula is C15H13FN2O2S. The smallest absolute Gasteiger partial charge is 0.327 e. The van der Waals surface area contributed by atoms with Crippen LogP contribution in [0.1, 0.15) is 11.3 Å². The van der Waals surface area contributed by atoms with Crippen molar-refractivity contribution in [1.29, 1.82) is 0 Å². The summed E-state index contributed by atoms with van der Waals surface area (Å²) in [5.41, 5.74) is 1.16. The molecule has 4 nitrogen and oxygen atoms in total. The first kappa shape index (κ1) is 13.8. The topological polar surface area (TPSA) is 46.4 Å². The van der Waals surface area contributed by atoms with Gasteiger partial charge in [0.2, 0.25) is 5.82 Å². The van der Waals surface area contributed by atoms with Gasteiger partial charge in [0.1, 0.15) is 5.69 Å². The number of benzene rings is 1. The zero-order chi connectivity index (χ0) is 14.8. The molecule has 0 bridgehead atoms. The van der Waals surface area contributed by atoms with Crippen LogP contribution in [0.15, 0.2) is 41.8 Å². The highest BCUT2D eigenvalue weighted by Crippen LogP contribution is 2.34. The number of halogens is 1. The van der Waals surface area contributed by atoms with E-state index in [1.165, 1.54) is 16.5 Å². The second-order valence-corrected chi connectivity index (χ2v) is 5.72. The SMILES string of the molecule is O=[N+]([O-])c1c(F)cccc1N1CC=C(c2cccs2)CC1. The molecule has 0 radical (unpaired) electrons. The fourth-order valence-electron chi connectivity index (χ4n) is 2.51. The van der Waals surface area contributed by atoms with Crippen LogP contribution >= 0.6 is 11.3 Å². The van der Waals surface area contributed by atoms with Crippen LogP contribution in [-0.2, 0) is 0 Å². The minimum Gasteiger partial charge on any atom is -0.362 e. The summed E-state index contributed by atoms with van der Waals surface area (Å²) >= 11 is 1.68. The number of hydrogen-bond acceptors (Lipinski definition) is 4. The van der Waals surface area contributed by atoms with E-state index in [4.69, 9.17) is 0 Å². The Bertz CT molecular complexity index is 698. The van der Waals surface area contributed by atoms with E-state index >= 15 is 0 Å². The van der Waals surface area contributed by atoms with E-state index in [1.807, 2.05) is 16.3 Å². The molecule has 1 aromatic carbocycles. The first-order valence-electron chi connectivity index (χ1n) is 6.57. The maximum absolute atomic E-state index is 13.7. The van der Waals surface area contributed by atoms with Crippen LogP contribution in [0.2, 0.25) is 0 Å². The number of anilines is 1. The lowest BCUT2D eigenvalue weighted by Crippen LogP contribution is -2.28. The van der Waals surface area contributed by atoms with Crippen molar-refractivity contribution < 1.29 is 9.31 Å². The minimum absolute atomic E-state index is 0.349. The van der Waals surface area contributed by atoms with E-state index in [2.05, 4.69) is 12.1 Å². The molecule has 3 rings (SSSR count). The van der Waals surface area contributed by atoms with Gasteiger partial charge in [0, 0.05) is 18.0 Å². The average Bonchev–Trinajstić information content (AvgIpc) is 3.01. The standard InChI is InChI=1S/C15H13FN2O2S/c16-12-3-1-4-13(15(12)18(19)20)17-8-6-11(7-9-17)14-5-2-10-21-14/h1-6,10H,7-9H2. The van der Waals surface area contributed by atoms with E-state index in [0.29, 0.717) is 18.8 Å². The zero-order valence-corrected chi connectivity index (χ0v) is 12.0. The molecule has 6 heteroatoms. The van der Waals surface area contributed by atoms with Crippen LogP contribution in [0.3, 0.4) is 0 Å². The fraction of sp³-hybridized carbons (Fsp3) is 0.200. The lowest BCUT2D eigenvalue weighted by molar-refractivity contribution is -0.386. The molecule has 0 spiro atoms. The fourth-order valence-corrected chi connectivity index (χ4v) is 3.31. The van der Waals surface area contributed by atoms with Gasteiger partial charge in [0.15, 0.2) is 0 Å². The number of rotatable bonds is 3. The predicted octanol–water partition coefficient (Wildman–Crippen LogP) is 4.09. The third-order valence-corrected chi connectivity index (χ3v) is 4.48. The molecule has 21 heavy (non-hydrogen) atoms. The first-order chi connectivity index (χ1) is 10.2. The van der Waals surface area contributed by atoms with Gasteiger partial charge < -0.3 is 4.90 Å². The quantitative estimate of drug-likeness (QED) is 0.634. The minimum atomic E-state index is -0.787. The van der Waals surface area contributed by atoms with Gasteiger partial charge in [0.25, 0.3) is 0 Å². The van der Waals surface area contributed by atoms with Crippen molar-refractivity contribution in [3.63, 3.8) is 0 Å². The molecule has 0 fully saturated rings. The Hall–Kier alpha value is -2.21. The van der Waals surface area contributed by atoms with E-state index in [1.54, 1.807) is 17.4 Å². The molecule has 0 amide bonds. The van der Waals surface area contributed by atoms with E-state index < -0.39 is 16.4 Å². The molecule has 0 saturated carbocycles. The van der Waals surface area contributed by atoms with Crippen molar-refractivity contribution in [3.8, 4) is 0 Å². The third-order valence-electron chi connectivity index (χ3n) is 3.54. The Balaban J connectivity index is 1.88. The summed E-state index contributed by atoms with van der Waals surface area (Å²) in [6.45, 7) is 1.20. The summed E-state index contributed by atoms with van der Waals surface area (Å²) in [7, 11) is 0. The molecule has 0 saturated heterocycles. The van der Waals surface area contributed by atoms with Crippen LogP contribution in [0.25, 0.3) is 5.57 Å². The number of hydrogen-bond donors (Lipinski definition) is 0. The second kappa shape index (κ2) is 5.65. The van der Waals surface area contributed by atoms with Crippen LogP contribution < -0.4 is 4.90 Å². The Morgan fingerprint density at radius 1 is 1.29 bits per heavy atom. The Labute approximate surface area is 125 Å². The molecule has 0 unspecified atom stereocenters. The largest absolute Gasteiger partial charge is 0.362 e. The van der Waals surface area contributed by atoms with Crippen molar-refractivity contribution in [3.05, 3.63) is 62.6 Å². The number of nitro groups is 1. The molecule has 2 aromatic rings. The summed E-state index contributed by atoms with van der Waals surface area (Å²) in [4.78, 5) is 13.5. The molecule has 1 aliphatic heterocycles. The highest BCUT2D eigenvalue weighted by molar-refractivity contribution is 7.11. The van der Waals surface area contributed by atoms with Crippen LogP contribution in [-0.4, -0.2) is 18.0 Å². The van der Waals surface area contributed by atoms with Gasteiger partial charge in [-0.15, -0.1) is 11.3 Å². The number of nitro benzene ring substituents is 1. The Kier molecular flexibility index (Phi) is 3.70. The summed E-state index contributed by atoms with van der Waals surface area (Å²) < 4.78 is 13.7. The third kappa shape index (κ3) is 2.67. The lowest BCUT2D eigenvalue weighted by atomic mass is 10.1. The number of para-hydroxylation sites is 1. The number of nitrogens with zero attached hydrogens (tertiary/aromatic N) is 2. The van der Waals surface area contributed by atoms with Crippen LogP contribution in [0.5, 0.6) is 0 Å². The molecule has 2 heterocycles. The Morgan fingerprint density at radius 2 is 2.14 bits per heavy atom. The Morgan fingerprint density at radius 3 is 2.76 bits per heavy atom. The van der Waals surface area contributed by atoms with E-state index in [9.17, 15) is 14.5 Å². The average molecular weight is 304 g/mol. The molecular weight excluding hydrogens is 291 g/mol. The summed E-state index contributed by atoms with van der Waals surface area (Å²) in [5.74, 6) is -0.787. The summed E-state index contributed by atoms with van der Waals surface area (Å²) in [6.07, 6.45) is 2.86. The molecule has 0 N–H and O–H groups in total. The molecule has 108 valence electrons.